The van der Waals surface area contributed by atoms with Gasteiger partial charge >= 0.3 is 0 Å². The summed E-state index contributed by atoms with van der Waals surface area (Å²) in [6.45, 7) is 5.32. The van der Waals surface area contributed by atoms with Crippen molar-refractivity contribution in [3.05, 3.63) is 23.3 Å². The molecule has 1 rings (SSSR count). The van der Waals surface area contributed by atoms with Crippen LogP contribution in [-0.4, -0.2) is 26.2 Å². The minimum Gasteiger partial charge on any atom is -0.398 e. The number of hydrogen-bond donors (Lipinski definition) is 3. The summed E-state index contributed by atoms with van der Waals surface area (Å²) in [5, 5.41) is 9.40. The number of sulfonamides is 1. The highest BCUT2D eigenvalue weighted by atomic mass is 32.2. The lowest BCUT2D eigenvalue weighted by atomic mass is 10.1. The molecular weight excluding hydrogens is 252 g/mol. The molecular formula is C12H20N2O3S. The van der Waals surface area contributed by atoms with Crippen LogP contribution >= 0.6 is 0 Å². The standard InChI is InChI=1S/C12H20N2O3S/c1-4-10(15)7-14-18(16,17)12-9(3)8(2)5-6-11(12)13/h5-6,10,14-15H,4,7,13H2,1-3H3. The monoisotopic (exact) mass is 272 g/mol. The summed E-state index contributed by atoms with van der Waals surface area (Å²) >= 11 is 0. The fourth-order valence-corrected chi connectivity index (χ4v) is 3.09. The zero-order valence-electron chi connectivity index (χ0n) is 10.9. The molecule has 6 heteroatoms. The van der Waals surface area contributed by atoms with E-state index in [9.17, 15) is 13.5 Å². The molecule has 1 aromatic rings. The number of benzene rings is 1. The van der Waals surface area contributed by atoms with Gasteiger partial charge in [-0.25, -0.2) is 13.1 Å². The third-order valence-corrected chi connectivity index (χ3v) is 4.58. The normalized spacial score (nSPS) is 13.6. The summed E-state index contributed by atoms with van der Waals surface area (Å²) < 4.78 is 26.7. The maximum atomic E-state index is 12.1. The van der Waals surface area contributed by atoms with Gasteiger partial charge in [0.2, 0.25) is 10.0 Å². The van der Waals surface area contributed by atoms with Crippen molar-refractivity contribution >= 4 is 15.7 Å². The minimum absolute atomic E-state index is 0.00828. The number of aryl methyl sites for hydroxylation is 1. The van der Waals surface area contributed by atoms with Gasteiger partial charge in [-0.05, 0) is 37.5 Å². The van der Waals surface area contributed by atoms with Crippen molar-refractivity contribution in [2.24, 2.45) is 0 Å². The maximum absolute atomic E-state index is 12.1. The summed E-state index contributed by atoms with van der Waals surface area (Å²) in [4.78, 5) is 0.103. The Balaban J connectivity index is 3.09. The fraction of sp³-hybridized carbons (Fsp3) is 0.500. The molecule has 4 N–H and O–H groups in total. The molecule has 0 bridgehead atoms. The van der Waals surface area contributed by atoms with Gasteiger partial charge in [-0.3, -0.25) is 0 Å². The van der Waals surface area contributed by atoms with E-state index in [4.69, 9.17) is 5.73 Å². The van der Waals surface area contributed by atoms with Crippen LogP contribution in [-0.2, 0) is 10.0 Å². The predicted molar refractivity (Wildman–Crippen MR) is 71.8 cm³/mol. The lowest BCUT2D eigenvalue weighted by Gasteiger charge is -2.15. The average Bonchev–Trinajstić information content (AvgIpc) is 2.31. The molecule has 5 nitrogen and oxygen atoms in total. The van der Waals surface area contributed by atoms with Crippen LogP contribution in [0.3, 0.4) is 0 Å². The Morgan fingerprint density at radius 2 is 2.00 bits per heavy atom. The molecule has 0 radical (unpaired) electrons. The van der Waals surface area contributed by atoms with Crippen molar-refractivity contribution in [2.45, 2.75) is 38.2 Å². The Morgan fingerprint density at radius 3 is 2.56 bits per heavy atom. The van der Waals surface area contributed by atoms with Crippen LogP contribution in [0.4, 0.5) is 5.69 Å². The number of anilines is 1. The van der Waals surface area contributed by atoms with Gasteiger partial charge in [0, 0.05) is 6.54 Å². The van der Waals surface area contributed by atoms with Crippen LogP contribution < -0.4 is 10.5 Å². The average molecular weight is 272 g/mol. The maximum Gasteiger partial charge on any atom is 0.242 e. The van der Waals surface area contributed by atoms with Crippen LogP contribution in [0.15, 0.2) is 17.0 Å². The van der Waals surface area contributed by atoms with E-state index in [0.29, 0.717) is 12.0 Å². The number of rotatable bonds is 5. The van der Waals surface area contributed by atoms with E-state index in [-0.39, 0.29) is 17.1 Å². The third kappa shape index (κ3) is 3.22. The third-order valence-electron chi connectivity index (χ3n) is 2.96. The van der Waals surface area contributed by atoms with Crippen molar-refractivity contribution in [1.29, 1.82) is 0 Å². The van der Waals surface area contributed by atoms with Gasteiger partial charge < -0.3 is 10.8 Å². The fourth-order valence-electron chi connectivity index (χ4n) is 1.59. The molecule has 102 valence electrons. The van der Waals surface area contributed by atoms with Crippen molar-refractivity contribution in [3.63, 3.8) is 0 Å². The van der Waals surface area contributed by atoms with Crippen molar-refractivity contribution in [1.82, 2.24) is 4.72 Å². The summed E-state index contributed by atoms with van der Waals surface area (Å²) in [5.74, 6) is 0. The summed E-state index contributed by atoms with van der Waals surface area (Å²) in [5.41, 5.74) is 7.45. The summed E-state index contributed by atoms with van der Waals surface area (Å²) in [7, 11) is -3.68. The molecule has 0 heterocycles. The molecule has 0 aliphatic heterocycles. The van der Waals surface area contributed by atoms with Crippen LogP contribution in [0.25, 0.3) is 0 Å². The first kappa shape index (κ1) is 14.9. The molecule has 18 heavy (non-hydrogen) atoms. The molecule has 0 aliphatic rings. The van der Waals surface area contributed by atoms with Crippen LogP contribution in [0.2, 0.25) is 0 Å². The smallest absolute Gasteiger partial charge is 0.242 e. The van der Waals surface area contributed by atoms with Gasteiger partial charge in [0.25, 0.3) is 0 Å². The lowest BCUT2D eigenvalue weighted by molar-refractivity contribution is 0.174. The highest BCUT2D eigenvalue weighted by Gasteiger charge is 2.21. The van der Waals surface area contributed by atoms with Crippen molar-refractivity contribution < 1.29 is 13.5 Å². The molecule has 0 saturated carbocycles. The van der Waals surface area contributed by atoms with Crippen LogP contribution in [0.1, 0.15) is 24.5 Å². The molecule has 0 saturated heterocycles. The quantitative estimate of drug-likeness (QED) is 0.695. The number of aliphatic hydroxyl groups is 1. The van der Waals surface area contributed by atoms with Crippen molar-refractivity contribution in [2.75, 3.05) is 12.3 Å². The molecule has 0 amide bonds. The second kappa shape index (κ2) is 5.69. The Bertz CT molecular complexity index is 526. The first-order valence-corrected chi connectivity index (χ1v) is 7.31. The second-order valence-corrected chi connectivity index (χ2v) is 6.04. The Morgan fingerprint density at radius 1 is 1.39 bits per heavy atom. The van der Waals surface area contributed by atoms with E-state index in [1.807, 2.05) is 6.92 Å². The second-order valence-electron chi connectivity index (χ2n) is 4.34. The number of hydrogen-bond acceptors (Lipinski definition) is 4. The van der Waals surface area contributed by atoms with E-state index in [0.717, 1.165) is 5.56 Å². The topological polar surface area (TPSA) is 92.4 Å². The molecule has 0 fully saturated rings. The zero-order valence-corrected chi connectivity index (χ0v) is 11.7. The van der Waals surface area contributed by atoms with Gasteiger partial charge in [0.1, 0.15) is 4.90 Å². The van der Waals surface area contributed by atoms with E-state index < -0.39 is 16.1 Å². The van der Waals surface area contributed by atoms with Gasteiger partial charge in [-0.1, -0.05) is 13.0 Å². The highest BCUT2D eigenvalue weighted by molar-refractivity contribution is 7.89. The summed E-state index contributed by atoms with van der Waals surface area (Å²) in [6.07, 6.45) is -0.198. The van der Waals surface area contributed by atoms with Crippen LogP contribution in [0, 0.1) is 13.8 Å². The van der Waals surface area contributed by atoms with Crippen LogP contribution in [0.5, 0.6) is 0 Å². The van der Waals surface area contributed by atoms with E-state index in [1.54, 1.807) is 26.0 Å². The van der Waals surface area contributed by atoms with Gasteiger partial charge in [0.15, 0.2) is 0 Å². The van der Waals surface area contributed by atoms with Gasteiger partial charge in [-0.2, -0.15) is 0 Å². The Labute approximate surface area is 108 Å². The molecule has 1 aromatic carbocycles. The van der Waals surface area contributed by atoms with Gasteiger partial charge in [0.05, 0.1) is 11.8 Å². The van der Waals surface area contributed by atoms with E-state index in [1.165, 1.54) is 0 Å². The SMILES string of the molecule is CCC(O)CNS(=O)(=O)c1c(N)ccc(C)c1C. The molecule has 0 aromatic heterocycles. The Hall–Kier alpha value is -1.11. The van der Waals surface area contributed by atoms with E-state index >= 15 is 0 Å². The number of aliphatic hydroxyl groups excluding tert-OH is 1. The summed E-state index contributed by atoms with van der Waals surface area (Å²) in [6, 6.07) is 3.36. The Kier molecular flexibility index (Phi) is 4.72. The zero-order chi connectivity index (χ0) is 13.9. The lowest BCUT2D eigenvalue weighted by Crippen LogP contribution is -2.32. The number of nitrogens with two attached hydrogens (primary N) is 1. The highest BCUT2D eigenvalue weighted by Crippen LogP contribution is 2.24. The van der Waals surface area contributed by atoms with Gasteiger partial charge in [-0.15, -0.1) is 0 Å². The molecule has 0 aliphatic carbocycles. The first-order chi connectivity index (χ1) is 8.29. The molecule has 0 spiro atoms. The van der Waals surface area contributed by atoms with E-state index in [2.05, 4.69) is 4.72 Å². The predicted octanol–water partition coefficient (Wildman–Crippen LogP) is 0.935. The molecule has 1 atom stereocenters. The van der Waals surface area contributed by atoms with Crippen molar-refractivity contribution in [3.8, 4) is 0 Å². The largest absolute Gasteiger partial charge is 0.398 e. The number of nitrogen functional groups attached to an aromatic ring is 1. The molecule has 1 unspecified atom stereocenters. The minimum atomic E-state index is -3.68. The number of nitrogens with one attached hydrogen (secondary N) is 1. The first-order valence-electron chi connectivity index (χ1n) is 5.83.